The first-order valence-corrected chi connectivity index (χ1v) is 6.11. The van der Waals surface area contributed by atoms with Crippen LogP contribution >= 0.6 is 0 Å². The Morgan fingerprint density at radius 2 is 2.16 bits per heavy atom. The molecule has 1 fully saturated rings. The number of carbonyl (C=O) groups is 1. The number of carboxylic acid groups (broad SMARTS) is 1. The minimum absolute atomic E-state index is 0.220. The van der Waals surface area contributed by atoms with E-state index in [1.807, 2.05) is 4.40 Å². The first-order valence-electron chi connectivity index (χ1n) is 6.11. The van der Waals surface area contributed by atoms with Crippen LogP contribution in [0, 0.1) is 0 Å². The number of aromatic carboxylic acids is 1. The number of hydrogen-bond donors (Lipinski definition) is 1. The van der Waals surface area contributed by atoms with E-state index in [-0.39, 0.29) is 5.56 Å². The summed E-state index contributed by atoms with van der Waals surface area (Å²) in [5.41, 5.74) is 0.779. The number of morpholine rings is 1. The van der Waals surface area contributed by atoms with E-state index in [1.165, 1.54) is 6.07 Å². The number of nitrogens with zero attached hydrogens (tertiary/aromatic N) is 4. The number of rotatable bonds is 3. The molecule has 1 aliphatic heterocycles. The minimum atomic E-state index is -0.958. The van der Waals surface area contributed by atoms with Crippen LogP contribution in [0.25, 0.3) is 5.65 Å². The van der Waals surface area contributed by atoms with E-state index >= 15 is 0 Å². The van der Waals surface area contributed by atoms with Crippen molar-refractivity contribution in [2.45, 2.75) is 6.54 Å². The second-order valence-corrected chi connectivity index (χ2v) is 4.45. The van der Waals surface area contributed by atoms with Crippen molar-refractivity contribution in [1.82, 2.24) is 19.5 Å². The van der Waals surface area contributed by atoms with Gasteiger partial charge in [-0.05, 0) is 12.1 Å². The van der Waals surface area contributed by atoms with Crippen LogP contribution in [0.15, 0.2) is 18.3 Å². The van der Waals surface area contributed by atoms with E-state index in [9.17, 15) is 4.79 Å². The number of aromatic nitrogens is 3. The molecule has 0 aromatic carbocycles. The molecule has 0 amide bonds. The lowest BCUT2D eigenvalue weighted by atomic mass is 10.3. The van der Waals surface area contributed by atoms with Gasteiger partial charge in [-0.15, -0.1) is 10.2 Å². The van der Waals surface area contributed by atoms with Gasteiger partial charge in [-0.25, -0.2) is 4.79 Å². The fraction of sp³-hybridized carbons (Fsp3) is 0.417. The maximum absolute atomic E-state index is 10.9. The molecule has 7 heteroatoms. The lowest BCUT2D eigenvalue weighted by molar-refractivity contribution is 0.0329. The lowest BCUT2D eigenvalue weighted by Crippen LogP contribution is -2.36. The molecule has 1 saturated heterocycles. The van der Waals surface area contributed by atoms with Crippen molar-refractivity contribution in [1.29, 1.82) is 0 Å². The van der Waals surface area contributed by atoms with E-state index in [1.54, 1.807) is 12.3 Å². The highest BCUT2D eigenvalue weighted by molar-refractivity contribution is 5.88. The molecule has 1 aliphatic rings. The Hall–Kier alpha value is -1.99. The minimum Gasteiger partial charge on any atom is -0.478 e. The highest BCUT2D eigenvalue weighted by Crippen LogP contribution is 2.10. The van der Waals surface area contributed by atoms with Gasteiger partial charge in [0.2, 0.25) is 0 Å². The van der Waals surface area contributed by atoms with Crippen LogP contribution in [0.1, 0.15) is 16.2 Å². The molecule has 2 aromatic heterocycles. The van der Waals surface area contributed by atoms with Crippen LogP contribution in [0.5, 0.6) is 0 Å². The monoisotopic (exact) mass is 262 g/mol. The molecular weight excluding hydrogens is 248 g/mol. The summed E-state index contributed by atoms with van der Waals surface area (Å²) in [6, 6.07) is 3.08. The molecule has 1 N–H and O–H groups in total. The first kappa shape index (κ1) is 12.1. The van der Waals surface area contributed by atoms with Gasteiger partial charge >= 0.3 is 5.97 Å². The van der Waals surface area contributed by atoms with Gasteiger partial charge in [0.15, 0.2) is 11.5 Å². The molecule has 0 bridgehead atoms. The van der Waals surface area contributed by atoms with Crippen LogP contribution in [-0.4, -0.2) is 56.9 Å². The fourth-order valence-corrected chi connectivity index (χ4v) is 2.14. The van der Waals surface area contributed by atoms with Gasteiger partial charge in [-0.3, -0.25) is 9.30 Å². The summed E-state index contributed by atoms with van der Waals surface area (Å²) in [6.45, 7) is 3.92. The van der Waals surface area contributed by atoms with Gasteiger partial charge in [0.05, 0.1) is 25.3 Å². The highest BCUT2D eigenvalue weighted by Gasteiger charge is 2.15. The summed E-state index contributed by atoms with van der Waals surface area (Å²) in [6.07, 6.45) is 1.70. The Morgan fingerprint density at radius 1 is 1.37 bits per heavy atom. The van der Waals surface area contributed by atoms with Crippen molar-refractivity contribution in [2.75, 3.05) is 26.3 Å². The van der Waals surface area contributed by atoms with Gasteiger partial charge in [0, 0.05) is 19.3 Å². The molecule has 7 nitrogen and oxygen atoms in total. The predicted molar refractivity (Wildman–Crippen MR) is 66.0 cm³/mol. The van der Waals surface area contributed by atoms with Crippen molar-refractivity contribution >= 4 is 11.6 Å². The SMILES string of the molecule is O=C(O)c1ccn2c(CN3CCOCC3)nnc2c1. The molecule has 19 heavy (non-hydrogen) atoms. The van der Waals surface area contributed by atoms with Crippen molar-refractivity contribution < 1.29 is 14.6 Å². The Kier molecular flexibility index (Phi) is 3.14. The summed E-state index contributed by atoms with van der Waals surface area (Å²) >= 11 is 0. The van der Waals surface area contributed by atoms with E-state index in [4.69, 9.17) is 9.84 Å². The van der Waals surface area contributed by atoms with Crippen molar-refractivity contribution in [2.24, 2.45) is 0 Å². The van der Waals surface area contributed by atoms with Gasteiger partial charge in [-0.1, -0.05) is 0 Å². The molecular formula is C12H14N4O3. The fourth-order valence-electron chi connectivity index (χ4n) is 2.14. The quantitative estimate of drug-likeness (QED) is 0.854. The molecule has 3 heterocycles. The largest absolute Gasteiger partial charge is 0.478 e. The number of ether oxygens (including phenoxy) is 1. The third-order valence-corrected chi connectivity index (χ3v) is 3.20. The number of fused-ring (bicyclic) bond motifs is 1. The zero-order valence-corrected chi connectivity index (χ0v) is 10.3. The van der Waals surface area contributed by atoms with Gasteiger partial charge in [-0.2, -0.15) is 0 Å². The van der Waals surface area contributed by atoms with Crippen LogP contribution in [-0.2, 0) is 11.3 Å². The Morgan fingerprint density at radius 3 is 2.89 bits per heavy atom. The third-order valence-electron chi connectivity index (χ3n) is 3.20. The molecule has 3 rings (SSSR count). The summed E-state index contributed by atoms with van der Waals surface area (Å²) in [5.74, 6) is -0.144. The molecule has 0 saturated carbocycles. The van der Waals surface area contributed by atoms with Crippen molar-refractivity contribution in [3.63, 3.8) is 0 Å². The summed E-state index contributed by atoms with van der Waals surface area (Å²) in [4.78, 5) is 13.1. The zero-order valence-electron chi connectivity index (χ0n) is 10.3. The third kappa shape index (κ3) is 2.42. The topological polar surface area (TPSA) is 80.0 Å². The maximum atomic E-state index is 10.9. The average Bonchev–Trinajstić information content (AvgIpc) is 2.82. The van der Waals surface area contributed by atoms with Gasteiger partial charge < -0.3 is 9.84 Å². The van der Waals surface area contributed by atoms with Crippen LogP contribution in [0.3, 0.4) is 0 Å². The van der Waals surface area contributed by atoms with E-state index in [0.717, 1.165) is 32.1 Å². The first-order chi connectivity index (χ1) is 9.24. The second-order valence-electron chi connectivity index (χ2n) is 4.45. The Bertz CT molecular complexity index is 604. The summed E-state index contributed by atoms with van der Waals surface area (Å²) in [7, 11) is 0. The standard InChI is InChI=1S/C12H14N4O3/c17-12(18)9-1-2-16-10(7-9)13-14-11(16)8-15-3-5-19-6-4-15/h1-2,7H,3-6,8H2,(H,17,18). The molecule has 0 aliphatic carbocycles. The molecule has 0 radical (unpaired) electrons. The van der Waals surface area contributed by atoms with Crippen LogP contribution in [0.4, 0.5) is 0 Å². The smallest absolute Gasteiger partial charge is 0.335 e. The van der Waals surface area contributed by atoms with E-state index in [2.05, 4.69) is 15.1 Å². The number of hydrogen-bond acceptors (Lipinski definition) is 5. The van der Waals surface area contributed by atoms with Crippen molar-refractivity contribution in [3.05, 3.63) is 29.7 Å². The highest BCUT2D eigenvalue weighted by atomic mass is 16.5. The number of pyridine rings is 1. The van der Waals surface area contributed by atoms with Gasteiger partial charge in [0.1, 0.15) is 0 Å². The van der Waals surface area contributed by atoms with E-state index < -0.39 is 5.97 Å². The van der Waals surface area contributed by atoms with E-state index in [0.29, 0.717) is 12.2 Å². The van der Waals surface area contributed by atoms with Gasteiger partial charge in [0.25, 0.3) is 0 Å². The van der Waals surface area contributed by atoms with Crippen molar-refractivity contribution in [3.8, 4) is 0 Å². The lowest BCUT2D eigenvalue weighted by Gasteiger charge is -2.25. The average molecular weight is 262 g/mol. The maximum Gasteiger partial charge on any atom is 0.335 e. The van der Waals surface area contributed by atoms with Crippen LogP contribution < -0.4 is 0 Å². The molecule has 0 unspecified atom stereocenters. The molecule has 100 valence electrons. The van der Waals surface area contributed by atoms with Crippen LogP contribution in [0.2, 0.25) is 0 Å². The Balaban J connectivity index is 1.86. The predicted octanol–water partition coefficient (Wildman–Crippen LogP) is 0.260. The number of carboxylic acids is 1. The molecule has 2 aromatic rings. The summed E-state index contributed by atoms with van der Waals surface area (Å²) in [5, 5.41) is 17.1. The normalized spacial score (nSPS) is 16.8. The second kappa shape index (κ2) is 4.94. The summed E-state index contributed by atoms with van der Waals surface area (Å²) < 4.78 is 7.12. The molecule has 0 atom stereocenters. The Labute approximate surface area is 109 Å². The zero-order chi connectivity index (χ0) is 13.2. The molecule has 0 spiro atoms.